The summed E-state index contributed by atoms with van der Waals surface area (Å²) in [6, 6.07) is 8.15. The maximum atomic E-state index is 14.4. The molecule has 9 heteroatoms. The van der Waals surface area contributed by atoms with E-state index in [1.165, 1.54) is 12.1 Å². The SMILES string of the molecule is Cc1nccn1-c1ccc(CNC(=O)CCNC(=O)c2ccc(F)cc2Cl)cc1F. The highest BCUT2D eigenvalue weighted by Gasteiger charge is 2.12. The fraction of sp³-hybridized carbons (Fsp3) is 0.190. The van der Waals surface area contributed by atoms with Crippen LogP contribution in [0.4, 0.5) is 8.78 Å². The van der Waals surface area contributed by atoms with E-state index in [1.807, 2.05) is 0 Å². The molecule has 2 amide bonds. The lowest BCUT2D eigenvalue weighted by atomic mass is 10.2. The molecule has 0 aliphatic carbocycles. The van der Waals surface area contributed by atoms with Crippen molar-refractivity contribution in [3.05, 3.63) is 82.4 Å². The summed E-state index contributed by atoms with van der Waals surface area (Å²) in [6.45, 7) is 2.00. The quantitative estimate of drug-likeness (QED) is 0.599. The van der Waals surface area contributed by atoms with Crippen molar-refractivity contribution in [2.75, 3.05) is 6.54 Å². The second kappa shape index (κ2) is 9.49. The molecule has 1 aromatic heterocycles. The van der Waals surface area contributed by atoms with E-state index in [2.05, 4.69) is 15.6 Å². The Morgan fingerprint density at radius 3 is 2.60 bits per heavy atom. The normalized spacial score (nSPS) is 10.7. The first-order chi connectivity index (χ1) is 14.3. The number of imidazole rings is 1. The van der Waals surface area contributed by atoms with Gasteiger partial charge in [0, 0.05) is 31.9 Å². The van der Waals surface area contributed by atoms with Crippen molar-refractivity contribution in [3.63, 3.8) is 0 Å². The standard InChI is InChI=1S/C21H19ClF2N4O2/c1-13-25-8-9-28(13)19-5-2-14(10-18(19)24)12-27-20(29)6-7-26-21(30)16-4-3-15(23)11-17(16)22/h2-5,8-11H,6-7,12H2,1H3,(H,26,30)(H,27,29). The van der Waals surface area contributed by atoms with Crippen LogP contribution in [0, 0.1) is 18.6 Å². The summed E-state index contributed by atoms with van der Waals surface area (Å²) in [5.41, 5.74) is 1.11. The van der Waals surface area contributed by atoms with E-state index in [4.69, 9.17) is 11.6 Å². The van der Waals surface area contributed by atoms with Crippen molar-refractivity contribution >= 4 is 23.4 Å². The molecule has 0 spiro atoms. The monoisotopic (exact) mass is 432 g/mol. The third kappa shape index (κ3) is 5.21. The summed E-state index contributed by atoms with van der Waals surface area (Å²) in [6.07, 6.45) is 3.29. The Morgan fingerprint density at radius 2 is 1.93 bits per heavy atom. The summed E-state index contributed by atoms with van der Waals surface area (Å²) in [5, 5.41) is 5.22. The molecule has 0 unspecified atom stereocenters. The number of halogens is 3. The van der Waals surface area contributed by atoms with Crippen LogP contribution >= 0.6 is 11.6 Å². The van der Waals surface area contributed by atoms with Gasteiger partial charge in [-0.25, -0.2) is 13.8 Å². The van der Waals surface area contributed by atoms with Crippen LogP contribution < -0.4 is 10.6 Å². The van der Waals surface area contributed by atoms with Gasteiger partial charge in [-0.1, -0.05) is 17.7 Å². The Labute approximate surface area is 176 Å². The Kier molecular flexibility index (Phi) is 6.79. The number of nitrogens with zero attached hydrogens (tertiary/aromatic N) is 2. The highest BCUT2D eigenvalue weighted by molar-refractivity contribution is 6.33. The van der Waals surface area contributed by atoms with E-state index in [1.54, 1.807) is 36.0 Å². The van der Waals surface area contributed by atoms with Crippen molar-refractivity contribution in [1.29, 1.82) is 0 Å². The van der Waals surface area contributed by atoms with E-state index in [-0.39, 0.29) is 36.0 Å². The van der Waals surface area contributed by atoms with Crippen molar-refractivity contribution in [2.24, 2.45) is 0 Å². The van der Waals surface area contributed by atoms with Gasteiger partial charge in [0.2, 0.25) is 5.91 Å². The Morgan fingerprint density at radius 1 is 1.13 bits per heavy atom. The van der Waals surface area contributed by atoms with Gasteiger partial charge in [-0.2, -0.15) is 0 Å². The van der Waals surface area contributed by atoms with Crippen LogP contribution in [-0.4, -0.2) is 27.9 Å². The number of hydrogen-bond acceptors (Lipinski definition) is 3. The van der Waals surface area contributed by atoms with E-state index < -0.39 is 17.5 Å². The Hall–Kier alpha value is -3.26. The molecule has 3 aromatic rings. The molecule has 30 heavy (non-hydrogen) atoms. The molecule has 2 N–H and O–H groups in total. The van der Waals surface area contributed by atoms with Gasteiger partial charge >= 0.3 is 0 Å². The topological polar surface area (TPSA) is 76.0 Å². The largest absolute Gasteiger partial charge is 0.352 e. The minimum atomic E-state index is -0.541. The molecular weight excluding hydrogens is 414 g/mol. The first kappa shape index (κ1) is 21.4. The first-order valence-electron chi connectivity index (χ1n) is 9.14. The van der Waals surface area contributed by atoms with Crippen LogP contribution in [0.15, 0.2) is 48.8 Å². The summed E-state index contributed by atoms with van der Waals surface area (Å²) in [7, 11) is 0. The van der Waals surface area contributed by atoms with Crippen LogP contribution in [-0.2, 0) is 11.3 Å². The molecular formula is C21H19ClF2N4O2. The third-order valence-corrected chi connectivity index (χ3v) is 4.71. The zero-order valence-corrected chi connectivity index (χ0v) is 16.8. The predicted octanol–water partition coefficient (Wildman–Crippen LogP) is 3.55. The van der Waals surface area contributed by atoms with Crippen LogP contribution in [0.25, 0.3) is 5.69 Å². The van der Waals surface area contributed by atoms with Gasteiger partial charge in [0.15, 0.2) is 0 Å². The molecule has 0 atom stereocenters. The minimum absolute atomic E-state index is 0.00619. The van der Waals surface area contributed by atoms with E-state index in [9.17, 15) is 18.4 Å². The number of aromatic nitrogens is 2. The Balaban J connectivity index is 1.47. The van der Waals surface area contributed by atoms with Crippen molar-refractivity contribution in [1.82, 2.24) is 20.2 Å². The maximum Gasteiger partial charge on any atom is 0.252 e. The van der Waals surface area contributed by atoms with Gasteiger partial charge in [-0.3, -0.25) is 9.59 Å². The van der Waals surface area contributed by atoms with Gasteiger partial charge in [0.1, 0.15) is 17.5 Å². The summed E-state index contributed by atoms with van der Waals surface area (Å²) >= 11 is 5.83. The maximum absolute atomic E-state index is 14.4. The highest BCUT2D eigenvalue weighted by atomic mass is 35.5. The molecule has 1 heterocycles. The van der Waals surface area contributed by atoms with Crippen molar-refractivity contribution < 1.29 is 18.4 Å². The molecule has 156 valence electrons. The van der Waals surface area contributed by atoms with E-state index in [0.29, 0.717) is 17.1 Å². The summed E-state index contributed by atoms with van der Waals surface area (Å²) in [5.74, 6) is -1.11. The molecule has 6 nitrogen and oxygen atoms in total. The average molecular weight is 433 g/mol. The van der Waals surface area contributed by atoms with Crippen LogP contribution in [0.1, 0.15) is 28.2 Å². The number of aryl methyl sites for hydroxylation is 1. The second-order valence-electron chi connectivity index (χ2n) is 6.54. The summed E-state index contributed by atoms with van der Waals surface area (Å²) < 4.78 is 29.1. The zero-order chi connectivity index (χ0) is 21.7. The molecule has 0 saturated heterocycles. The fourth-order valence-electron chi connectivity index (χ4n) is 2.84. The molecule has 0 radical (unpaired) electrons. The minimum Gasteiger partial charge on any atom is -0.352 e. The molecule has 3 rings (SSSR count). The lowest BCUT2D eigenvalue weighted by Crippen LogP contribution is -2.30. The number of carbonyl (C=O) groups excluding carboxylic acids is 2. The van der Waals surface area contributed by atoms with Crippen LogP contribution in [0.5, 0.6) is 0 Å². The fourth-order valence-corrected chi connectivity index (χ4v) is 3.09. The lowest BCUT2D eigenvalue weighted by molar-refractivity contribution is -0.121. The number of amides is 2. The number of carbonyl (C=O) groups is 2. The molecule has 2 aromatic carbocycles. The summed E-state index contributed by atoms with van der Waals surface area (Å²) in [4.78, 5) is 28.1. The third-order valence-electron chi connectivity index (χ3n) is 4.40. The first-order valence-corrected chi connectivity index (χ1v) is 9.51. The van der Waals surface area contributed by atoms with Crippen LogP contribution in [0.3, 0.4) is 0 Å². The number of hydrogen-bond donors (Lipinski definition) is 2. The molecule has 0 aliphatic rings. The molecule has 0 bridgehead atoms. The van der Waals surface area contributed by atoms with Crippen LogP contribution in [0.2, 0.25) is 5.02 Å². The van der Waals surface area contributed by atoms with Crippen molar-refractivity contribution in [3.8, 4) is 5.69 Å². The number of rotatable bonds is 7. The Bertz CT molecular complexity index is 1080. The molecule has 0 aliphatic heterocycles. The second-order valence-corrected chi connectivity index (χ2v) is 6.94. The van der Waals surface area contributed by atoms with Gasteiger partial charge in [0.05, 0.1) is 16.3 Å². The molecule has 0 fully saturated rings. The zero-order valence-electron chi connectivity index (χ0n) is 16.1. The average Bonchev–Trinajstić information content (AvgIpc) is 3.12. The van der Waals surface area contributed by atoms with Crippen molar-refractivity contribution in [2.45, 2.75) is 19.9 Å². The number of nitrogens with one attached hydrogen (secondary N) is 2. The predicted molar refractivity (Wildman–Crippen MR) is 108 cm³/mol. The van der Waals surface area contributed by atoms with Gasteiger partial charge < -0.3 is 15.2 Å². The van der Waals surface area contributed by atoms with E-state index >= 15 is 0 Å². The van der Waals surface area contributed by atoms with Gasteiger partial charge in [-0.05, 0) is 42.8 Å². The van der Waals surface area contributed by atoms with Gasteiger partial charge in [-0.15, -0.1) is 0 Å². The highest BCUT2D eigenvalue weighted by Crippen LogP contribution is 2.18. The van der Waals surface area contributed by atoms with E-state index in [0.717, 1.165) is 12.1 Å². The smallest absolute Gasteiger partial charge is 0.252 e. The lowest BCUT2D eigenvalue weighted by Gasteiger charge is -2.10. The van der Waals surface area contributed by atoms with Gasteiger partial charge in [0.25, 0.3) is 5.91 Å². The molecule has 0 saturated carbocycles. The number of benzene rings is 2.